The minimum atomic E-state index is -1.53. The first kappa shape index (κ1) is 17.8. The number of hydrogen-bond acceptors (Lipinski definition) is 5. The predicted octanol–water partition coefficient (Wildman–Crippen LogP) is 1.73. The molecule has 0 aromatic heterocycles. The van der Waals surface area contributed by atoms with Crippen molar-refractivity contribution in [1.29, 1.82) is 0 Å². The van der Waals surface area contributed by atoms with Gasteiger partial charge < -0.3 is 9.78 Å². The minimum Gasteiger partial charge on any atom is -0.422 e. The van der Waals surface area contributed by atoms with Crippen molar-refractivity contribution < 1.29 is 19.4 Å². The summed E-state index contributed by atoms with van der Waals surface area (Å²) >= 11 is 0. The molecule has 0 saturated heterocycles. The van der Waals surface area contributed by atoms with E-state index in [1.54, 1.807) is 60.7 Å². The van der Waals surface area contributed by atoms with Gasteiger partial charge in [-0.2, -0.15) is 0 Å². The average Bonchev–Trinajstić information content (AvgIpc) is 2.73. The number of rotatable bonds is 6. The van der Waals surface area contributed by atoms with Crippen LogP contribution < -0.4 is 11.4 Å². The molecule has 6 heteroatoms. The monoisotopic (exact) mass is 345 g/mol. The van der Waals surface area contributed by atoms with Crippen molar-refractivity contribution in [3.8, 4) is 0 Å². The molecule has 128 valence electrons. The third-order valence-corrected chi connectivity index (χ3v) is 4.03. The molecule has 0 unspecified atom stereocenters. The summed E-state index contributed by atoms with van der Waals surface area (Å²) in [4.78, 5) is 25.4. The molecule has 0 heterocycles. The van der Waals surface area contributed by atoms with Crippen LogP contribution in [-0.4, -0.2) is 23.7 Å². The topological polar surface area (TPSA) is 89.6 Å². The van der Waals surface area contributed by atoms with Crippen LogP contribution in [0.4, 0.5) is 0 Å². The highest BCUT2D eigenvalue weighted by atomic mass is 16.6. The molecule has 26 heavy (non-hydrogen) atoms. The summed E-state index contributed by atoms with van der Waals surface area (Å²) in [7, 11) is -1.53. The molecule has 0 bridgehead atoms. The maximum Gasteiger partial charge on any atom is 0.508 e. The van der Waals surface area contributed by atoms with E-state index in [1.165, 1.54) is 12.1 Å². The van der Waals surface area contributed by atoms with E-state index >= 15 is 0 Å². The van der Waals surface area contributed by atoms with Crippen LogP contribution in [0.25, 0.3) is 0 Å². The summed E-state index contributed by atoms with van der Waals surface area (Å²) < 4.78 is 4.50. The third-order valence-electron chi connectivity index (χ3n) is 4.03. The lowest BCUT2D eigenvalue weighted by Gasteiger charge is -2.12. The van der Waals surface area contributed by atoms with Gasteiger partial charge in [0.1, 0.15) is 0 Å². The van der Waals surface area contributed by atoms with Gasteiger partial charge in [0, 0.05) is 22.3 Å². The Hall–Kier alpha value is -3.06. The van der Waals surface area contributed by atoms with Crippen LogP contribution in [-0.2, 0) is 4.76 Å². The maximum absolute atomic E-state index is 12.7. The molecule has 0 aliphatic carbocycles. The quantitative estimate of drug-likeness (QED) is 0.403. The van der Waals surface area contributed by atoms with E-state index in [4.69, 9.17) is 5.90 Å². The SMILES string of the molecule is NOB(O)c1cc(C(=O)c2ccccc2)ccc1C(=O)c1ccccc1. The van der Waals surface area contributed by atoms with Gasteiger partial charge in [0.15, 0.2) is 11.6 Å². The predicted molar refractivity (Wildman–Crippen MR) is 99.1 cm³/mol. The van der Waals surface area contributed by atoms with Gasteiger partial charge in [-0.3, -0.25) is 9.59 Å². The molecule has 0 saturated carbocycles. The van der Waals surface area contributed by atoms with E-state index < -0.39 is 7.12 Å². The van der Waals surface area contributed by atoms with Crippen molar-refractivity contribution in [2.75, 3.05) is 0 Å². The van der Waals surface area contributed by atoms with Gasteiger partial charge in [-0.05, 0) is 5.46 Å². The number of ketones is 2. The van der Waals surface area contributed by atoms with Gasteiger partial charge in [0.25, 0.3) is 0 Å². The van der Waals surface area contributed by atoms with Crippen molar-refractivity contribution in [1.82, 2.24) is 0 Å². The maximum atomic E-state index is 12.7. The Morgan fingerprint density at radius 3 is 1.85 bits per heavy atom. The molecule has 5 nitrogen and oxygen atoms in total. The fourth-order valence-electron chi connectivity index (χ4n) is 2.69. The molecule has 3 N–H and O–H groups in total. The molecule has 0 fully saturated rings. The second kappa shape index (κ2) is 7.88. The lowest BCUT2D eigenvalue weighted by Crippen LogP contribution is -2.40. The fraction of sp³-hybridized carbons (Fsp3) is 0. The summed E-state index contributed by atoms with van der Waals surface area (Å²) in [5.74, 6) is 4.58. The van der Waals surface area contributed by atoms with Gasteiger partial charge in [-0.15, -0.1) is 0 Å². The van der Waals surface area contributed by atoms with Crippen LogP contribution in [0.3, 0.4) is 0 Å². The van der Waals surface area contributed by atoms with Crippen molar-refractivity contribution in [2.45, 2.75) is 0 Å². The zero-order chi connectivity index (χ0) is 18.5. The number of benzene rings is 3. The van der Waals surface area contributed by atoms with E-state index in [2.05, 4.69) is 4.76 Å². The Bertz CT molecular complexity index is 929. The lowest BCUT2D eigenvalue weighted by atomic mass is 9.74. The molecular formula is C20H16BNO4. The first-order chi connectivity index (χ1) is 12.6. The highest BCUT2D eigenvalue weighted by Crippen LogP contribution is 2.14. The van der Waals surface area contributed by atoms with Crippen molar-refractivity contribution in [2.24, 2.45) is 5.90 Å². The van der Waals surface area contributed by atoms with Crippen LogP contribution in [0, 0.1) is 0 Å². The van der Waals surface area contributed by atoms with Crippen LogP contribution in [0.15, 0.2) is 78.9 Å². The Kier molecular flexibility index (Phi) is 5.38. The van der Waals surface area contributed by atoms with E-state index in [1.807, 2.05) is 6.07 Å². The molecule has 0 atom stereocenters. The van der Waals surface area contributed by atoms with Crippen molar-refractivity contribution in [3.05, 3.63) is 101 Å². The Labute approximate surface area is 151 Å². The number of hydrogen-bond donors (Lipinski definition) is 2. The second-order valence-corrected chi connectivity index (χ2v) is 5.68. The van der Waals surface area contributed by atoms with Gasteiger partial charge in [0.2, 0.25) is 0 Å². The lowest BCUT2D eigenvalue weighted by molar-refractivity contribution is 0.102. The average molecular weight is 345 g/mol. The summed E-state index contributed by atoms with van der Waals surface area (Å²) in [6, 6.07) is 21.9. The van der Waals surface area contributed by atoms with Crippen LogP contribution in [0.2, 0.25) is 0 Å². The van der Waals surface area contributed by atoms with Crippen molar-refractivity contribution >= 4 is 24.1 Å². The number of nitrogens with two attached hydrogens (primary N) is 1. The Morgan fingerprint density at radius 2 is 1.31 bits per heavy atom. The van der Waals surface area contributed by atoms with Crippen LogP contribution in [0.5, 0.6) is 0 Å². The van der Waals surface area contributed by atoms with Crippen molar-refractivity contribution in [3.63, 3.8) is 0 Å². The molecule has 0 aliphatic heterocycles. The first-order valence-corrected chi connectivity index (χ1v) is 7.99. The number of carbonyl (C=O) groups is 2. The van der Waals surface area contributed by atoms with Crippen LogP contribution >= 0.6 is 0 Å². The molecule has 3 aromatic rings. The standard InChI is InChI=1S/C20H16BNO4/c22-26-21(25)18-13-16(19(23)14-7-3-1-4-8-14)11-12-17(18)20(24)15-9-5-2-6-10-15/h1-13,25H,22H2. The summed E-state index contributed by atoms with van der Waals surface area (Å²) in [5, 5.41) is 10.1. The molecule has 3 aromatic carbocycles. The third kappa shape index (κ3) is 3.62. The molecule has 0 spiro atoms. The first-order valence-electron chi connectivity index (χ1n) is 7.99. The van der Waals surface area contributed by atoms with E-state index in [0.29, 0.717) is 16.7 Å². The largest absolute Gasteiger partial charge is 0.508 e. The van der Waals surface area contributed by atoms with Gasteiger partial charge >= 0.3 is 7.12 Å². The Balaban J connectivity index is 2.04. The summed E-state index contributed by atoms with van der Waals surface area (Å²) in [5.41, 5.74) is 1.65. The normalized spacial score (nSPS) is 10.4. The Morgan fingerprint density at radius 1 is 0.769 bits per heavy atom. The molecule has 3 rings (SSSR count). The minimum absolute atomic E-state index is 0.142. The fourth-order valence-corrected chi connectivity index (χ4v) is 2.69. The summed E-state index contributed by atoms with van der Waals surface area (Å²) in [6.45, 7) is 0. The van der Waals surface area contributed by atoms with Gasteiger partial charge in [0.05, 0.1) is 0 Å². The molecule has 0 amide bonds. The van der Waals surface area contributed by atoms with Gasteiger partial charge in [-0.1, -0.05) is 78.9 Å². The zero-order valence-corrected chi connectivity index (χ0v) is 13.8. The second-order valence-electron chi connectivity index (χ2n) is 5.68. The highest BCUT2D eigenvalue weighted by Gasteiger charge is 2.25. The van der Waals surface area contributed by atoms with E-state index in [0.717, 1.165) is 0 Å². The highest BCUT2D eigenvalue weighted by molar-refractivity contribution is 6.62. The smallest absolute Gasteiger partial charge is 0.422 e. The summed E-state index contributed by atoms with van der Waals surface area (Å²) in [6.07, 6.45) is 0. The molecular weight excluding hydrogens is 329 g/mol. The molecule has 0 aliphatic rings. The van der Waals surface area contributed by atoms with Gasteiger partial charge in [-0.25, -0.2) is 5.90 Å². The zero-order valence-electron chi connectivity index (χ0n) is 13.8. The van der Waals surface area contributed by atoms with E-state index in [9.17, 15) is 14.6 Å². The molecule has 0 radical (unpaired) electrons. The van der Waals surface area contributed by atoms with E-state index in [-0.39, 0.29) is 22.6 Å². The number of carbonyl (C=O) groups excluding carboxylic acids is 2. The van der Waals surface area contributed by atoms with Crippen LogP contribution in [0.1, 0.15) is 31.8 Å².